The van der Waals surface area contributed by atoms with Crippen LogP contribution in [0.15, 0.2) is 24.3 Å². The van der Waals surface area contributed by atoms with Gasteiger partial charge in [0.05, 0.1) is 24.2 Å². The zero-order valence-electron chi connectivity index (χ0n) is 24.6. The summed E-state index contributed by atoms with van der Waals surface area (Å²) in [6.45, 7) is 24.4. The van der Waals surface area contributed by atoms with E-state index in [1.165, 1.54) is 17.5 Å². The molecule has 0 spiro atoms. The van der Waals surface area contributed by atoms with Crippen molar-refractivity contribution in [2.75, 3.05) is 20.6 Å². The molecule has 4 atom stereocenters. The lowest BCUT2D eigenvalue weighted by molar-refractivity contribution is -0.0263. The molecule has 3 nitrogen and oxygen atoms in total. The Morgan fingerprint density at radius 1 is 0.914 bits per heavy atom. The highest BCUT2D eigenvalue weighted by molar-refractivity contribution is 6.74. The van der Waals surface area contributed by atoms with Crippen LogP contribution in [0.3, 0.4) is 0 Å². The molecule has 1 aromatic rings. The van der Waals surface area contributed by atoms with Gasteiger partial charge >= 0.3 is 0 Å². The summed E-state index contributed by atoms with van der Waals surface area (Å²) in [5, 5.41) is 0.303. The number of hydrogen-bond donors (Lipinski definition) is 0. The molecule has 3 rings (SSSR count). The van der Waals surface area contributed by atoms with Crippen molar-refractivity contribution in [1.82, 2.24) is 4.90 Å². The maximum atomic E-state index is 7.37. The average Bonchev–Trinajstić information content (AvgIpc) is 3.13. The normalized spacial score (nSPS) is 27.3. The highest BCUT2D eigenvalue weighted by atomic mass is 28.4. The van der Waals surface area contributed by atoms with Crippen molar-refractivity contribution in [2.24, 2.45) is 11.3 Å². The Hall–Kier alpha value is -0.906. The first-order valence-corrected chi connectivity index (χ1v) is 19.3. The van der Waals surface area contributed by atoms with E-state index in [9.17, 15) is 0 Å². The Morgan fingerprint density at radius 3 is 2.00 bits per heavy atom. The molecule has 0 aromatic heterocycles. The minimum absolute atomic E-state index is 0.000944. The Labute approximate surface area is 218 Å². The van der Waals surface area contributed by atoms with E-state index in [2.05, 4.69) is 123 Å². The van der Waals surface area contributed by atoms with E-state index in [0.717, 1.165) is 19.4 Å². The standard InChI is InChI=1S/C30H51NO2Si2/c1-28(2,3)34(9,10)32-26-23-17-13-14-18-24(23)27(33-35(11,12)29(4,5)6)30(20-15-19-25(26)30)21-16-22-31(7)8/h13-14,17-18,25-27H,15,19-20,22H2,1-12H3/t25-,26-,27+,30+/m1/s1. The van der Waals surface area contributed by atoms with Gasteiger partial charge in [-0.1, -0.05) is 84.1 Å². The first-order valence-electron chi connectivity index (χ1n) is 13.5. The van der Waals surface area contributed by atoms with Gasteiger partial charge in [0.15, 0.2) is 16.6 Å². The summed E-state index contributed by atoms with van der Waals surface area (Å²) < 4.78 is 14.7. The van der Waals surface area contributed by atoms with E-state index in [0.29, 0.717) is 5.92 Å². The van der Waals surface area contributed by atoms with Crippen molar-refractivity contribution in [3.8, 4) is 11.8 Å². The van der Waals surface area contributed by atoms with E-state index >= 15 is 0 Å². The molecule has 35 heavy (non-hydrogen) atoms. The van der Waals surface area contributed by atoms with E-state index in [1.54, 1.807) is 0 Å². The third-order valence-corrected chi connectivity index (χ3v) is 18.2. The molecule has 1 aromatic carbocycles. The molecule has 0 aliphatic heterocycles. The Kier molecular flexibility index (Phi) is 7.99. The fourth-order valence-corrected chi connectivity index (χ4v) is 7.73. The van der Waals surface area contributed by atoms with Gasteiger partial charge in [0.2, 0.25) is 0 Å². The maximum Gasteiger partial charge on any atom is 0.192 e. The van der Waals surface area contributed by atoms with E-state index < -0.39 is 16.6 Å². The molecular formula is C30H51NO2Si2. The SMILES string of the molecule is CN(C)CC#C[C@@]12CCC[C@@H]1[C@H](O[Si](C)(C)C(C)(C)C)c1ccccc1[C@@H]2O[Si](C)(C)C(C)(C)C. The Morgan fingerprint density at radius 2 is 1.46 bits per heavy atom. The van der Waals surface area contributed by atoms with Gasteiger partial charge in [-0.15, -0.1) is 0 Å². The predicted molar refractivity (Wildman–Crippen MR) is 155 cm³/mol. The molecule has 0 saturated heterocycles. The molecule has 0 unspecified atom stereocenters. The number of benzene rings is 1. The quantitative estimate of drug-likeness (QED) is 0.293. The highest BCUT2D eigenvalue weighted by Gasteiger charge is 2.59. The van der Waals surface area contributed by atoms with Crippen LogP contribution < -0.4 is 0 Å². The van der Waals surface area contributed by atoms with Crippen LogP contribution in [0.5, 0.6) is 0 Å². The summed E-state index contributed by atoms with van der Waals surface area (Å²) in [7, 11) is 0.170. The molecule has 0 radical (unpaired) electrons. The fraction of sp³-hybridized carbons (Fsp3) is 0.733. The number of nitrogens with zero attached hydrogens (tertiary/aromatic N) is 1. The van der Waals surface area contributed by atoms with Gasteiger partial charge in [0, 0.05) is 5.92 Å². The van der Waals surface area contributed by atoms with Crippen molar-refractivity contribution < 1.29 is 8.85 Å². The van der Waals surface area contributed by atoms with Crippen LogP contribution in [0.1, 0.15) is 84.1 Å². The van der Waals surface area contributed by atoms with Gasteiger partial charge in [-0.25, -0.2) is 0 Å². The maximum absolute atomic E-state index is 7.37. The average molecular weight is 514 g/mol. The Balaban J connectivity index is 2.22. The Bertz CT molecular complexity index is 961. The zero-order valence-corrected chi connectivity index (χ0v) is 26.6. The van der Waals surface area contributed by atoms with Crippen molar-refractivity contribution in [3.63, 3.8) is 0 Å². The van der Waals surface area contributed by atoms with Gasteiger partial charge < -0.3 is 8.85 Å². The van der Waals surface area contributed by atoms with E-state index in [-0.39, 0.29) is 27.7 Å². The lowest BCUT2D eigenvalue weighted by Gasteiger charge is -2.53. The molecule has 0 amide bonds. The second-order valence-corrected chi connectivity index (χ2v) is 23.8. The summed E-state index contributed by atoms with van der Waals surface area (Å²) in [6, 6.07) is 8.98. The second kappa shape index (κ2) is 9.76. The van der Waals surface area contributed by atoms with Crippen molar-refractivity contribution >= 4 is 16.6 Å². The van der Waals surface area contributed by atoms with Gasteiger partial charge in [-0.2, -0.15) is 0 Å². The van der Waals surface area contributed by atoms with Crippen LogP contribution in [-0.4, -0.2) is 42.2 Å². The summed E-state index contributed by atoms with van der Waals surface area (Å²) in [5.74, 6) is 7.83. The van der Waals surface area contributed by atoms with Crippen LogP contribution in [0.2, 0.25) is 36.3 Å². The molecular weight excluding hydrogens is 463 g/mol. The summed E-state index contributed by atoms with van der Waals surface area (Å²) in [6.07, 6.45) is 3.51. The van der Waals surface area contributed by atoms with Crippen molar-refractivity contribution in [3.05, 3.63) is 35.4 Å². The number of hydrogen-bond acceptors (Lipinski definition) is 3. The van der Waals surface area contributed by atoms with Gasteiger partial charge in [-0.05, 0) is 74.3 Å². The van der Waals surface area contributed by atoms with Crippen LogP contribution in [0, 0.1) is 23.2 Å². The highest BCUT2D eigenvalue weighted by Crippen LogP contribution is 2.64. The smallest absolute Gasteiger partial charge is 0.192 e. The second-order valence-electron chi connectivity index (χ2n) is 14.3. The number of rotatable bonds is 5. The minimum atomic E-state index is -2.04. The van der Waals surface area contributed by atoms with Gasteiger partial charge in [0.25, 0.3) is 0 Å². The lowest BCUT2D eigenvalue weighted by Crippen LogP contribution is -2.51. The van der Waals surface area contributed by atoms with Crippen LogP contribution in [0.4, 0.5) is 0 Å². The zero-order chi connectivity index (χ0) is 26.4. The summed E-state index contributed by atoms with van der Waals surface area (Å²) >= 11 is 0. The molecule has 0 bridgehead atoms. The molecule has 2 aliphatic rings. The molecule has 0 N–H and O–H groups in total. The first kappa shape index (κ1) is 28.7. The van der Waals surface area contributed by atoms with E-state index in [4.69, 9.17) is 8.85 Å². The third kappa shape index (κ3) is 5.53. The molecule has 0 heterocycles. The topological polar surface area (TPSA) is 21.7 Å². The molecule has 5 heteroatoms. The van der Waals surface area contributed by atoms with Gasteiger partial charge in [0.1, 0.15) is 0 Å². The lowest BCUT2D eigenvalue weighted by atomic mass is 9.63. The monoisotopic (exact) mass is 513 g/mol. The van der Waals surface area contributed by atoms with Crippen molar-refractivity contribution in [2.45, 2.75) is 109 Å². The summed E-state index contributed by atoms with van der Waals surface area (Å²) in [5.41, 5.74) is 2.46. The van der Waals surface area contributed by atoms with Crippen LogP contribution >= 0.6 is 0 Å². The molecule has 1 fully saturated rings. The molecule has 1 saturated carbocycles. The van der Waals surface area contributed by atoms with Crippen molar-refractivity contribution in [1.29, 1.82) is 0 Å². The predicted octanol–water partition coefficient (Wildman–Crippen LogP) is 8.18. The number of fused-ring (bicyclic) bond motifs is 2. The fourth-order valence-electron chi connectivity index (χ4n) is 5.17. The van der Waals surface area contributed by atoms with Crippen LogP contribution in [-0.2, 0) is 8.85 Å². The molecule has 2 aliphatic carbocycles. The summed E-state index contributed by atoms with van der Waals surface area (Å²) in [4.78, 5) is 2.16. The van der Waals surface area contributed by atoms with Gasteiger partial charge in [-0.3, -0.25) is 4.90 Å². The minimum Gasteiger partial charge on any atom is -0.410 e. The largest absolute Gasteiger partial charge is 0.410 e. The molecule has 196 valence electrons. The first-order chi connectivity index (χ1) is 15.9. The van der Waals surface area contributed by atoms with Crippen LogP contribution in [0.25, 0.3) is 0 Å². The third-order valence-electron chi connectivity index (χ3n) is 9.35. The van der Waals surface area contributed by atoms with E-state index in [1.807, 2.05) is 0 Å².